The van der Waals surface area contributed by atoms with Crippen LogP contribution in [0, 0.1) is 23.5 Å². The van der Waals surface area contributed by atoms with Crippen molar-refractivity contribution < 1.29 is 23.4 Å². The molecule has 224 valence electrons. The first-order chi connectivity index (χ1) is 20.4. The van der Waals surface area contributed by atoms with E-state index in [4.69, 9.17) is 4.74 Å². The Morgan fingerprint density at radius 1 is 0.976 bits per heavy atom. The number of carbonyl (C=O) groups is 1. The summed E-state index contributed by atoms with van der Waals surface area (Å²) in [6.45, 7) is 4.45. The Labute approximate surface area is 244 Å². The summed E-state index contributed by atoms with van der Waals surface area (Å²) in [6, 6.07) is 13.5. The zero-order valence-electron chi connectivity index (χ0n) is 23.6. The van der Waals surface area contributed by atoms with Crippen LogP contribution in [0.5, 0.6) is 5.88 Å². The molecule has 0 bridgehead atoms. The normalized spacial score (nSPS) is 16.8. The van der Waals surface area contributed by atoms with Gasteiger partial charge in [-0.2, -0.15) is 9.37 Å². The molecule has 9 nitrogen and oxygen atoms in total. The van der Waals surface area contributed by atoms with Crippen LogP contribution in [0.4, 0.5) is 30.9 Å². The van der Waals surface area contributed by atoms with Crippen molar-refractivity contribution in [3.8, 4) is 5.88 Å². The van der Waals surface area contributed by atoms with E-state index in [0.29, 0.717) is 37.5 Å². The number of amides is 2. The molecule has 42 heavy (non-hydrogen) atoms. The van der Waals surface area contributed by atoms with Gasteiger partial charge in [0.1, 0.15) is 5.82 Å². The highest BCUT2D eigenvalue weighted by molar-refractivity contribution is 5.89. The number of piperidine rings is 2. The Hall–Kier alpha value is -3.83. The van der Waals surface area contributed by atoms with Gasteiger partial charge in [0.25, 0.3) is 5.88 Å². The SMILES string of the molecule is O=C(Nc1cccc(F)c1)N1CCC(COc2nc(Nc3cccc(CN4CCC(CCO)CC4)c3)ncc2F)CC1. The maximum atomic E-state index is 14.5. The minimum absolute atomic E-state index is 0.110. The number of benzene rings is 2. The third kappa shape index (κ3) is 8.36. The second-order valence-corrected chi connectivity index (χ2v) is 11.1. The van der Waals surface area contributed by atoms with Crippen molar-refractivity contribution >= 4 is 23.4 Å². The first-order valence-corrected chi connectivity index (χ1v) is 14.6. The Morgan fingerprint density at radius 2 is 1.71 bits per heavy atom. The van der Waals surface area contributed by atoms with Crippen LogP contribution in [0.25, 0.3) is 0 Å². The molecule has 0 saturated carbocycles. The van der Waals surface area contributed by atoms with Gasteiger partial charge in [-0.1, -0.05) is 18.2 Å². The number of carbonyl (C=O) groups excluding carboxylic acids is 1. The highest BCUT2D eigenvalue weighted by Gasteiger charge is 2.24. The molecular weight excluding hydrogens is 542 g/mol. The fourth-order valence-corrected chi connectivity index (χ4v) is 5.53. The number of nitrogens with one attached hydrogen (secondary N) is 2. The third-order valence-corrected chi connectivity index (χ3v) is 7.98. The number of likely N-dealkylation sites (tertiary alicyclic amines) is 2. The van der Waals surface area contributed by atoms with Gasteiger partial charge in [-0.25, -0.2) is 14.2 Å². The Bertz CT molecular complexity index is 1330. The maximum absolute atomic E-state index is 14.5. The second kappa shape index (κ2) is 14.4. The number of halogens is 2. The van der Waals surface area contributed by atoms with Crippen LogP contribution in [0.1, 0.15) is 37.7 Å². The van der Waals surface area contributed by atoms with Crippen molar-refractivity contribution in [2.45, 2.75) is 38.6 Å². The van der Waals surface area contributed by atoms with E-state index in [1.807, 2.05) is 18.2 Å². The number of ether oxygens (including phenoxy) is 1. The lowest BCUT2D eigenvalue weighted by molar-refractivity contribution is 0.148. The van der Waals surface area contributed by atoms with Crippen molar-refractivity contribution in [1.29, 1.82) is 0 Å². The summed E-state index contributed by atoms with van der Waals surface area (Å²) in [6.07, 6.45) is 5.59. The Morgan fingerprint density at radius 3 is 2.48 bits per heavy atom. The summed E-state index contributed by atoms with van der Waals surface area (Å²) in [4.78, 5) is 25.0. The number of nitrogens with zero attached hydrogens (tertiary/aromatic N) is 4. The van der Waals surface area contributed by atoms with Crippen LogP contribution in [0.2, 0.25) is 0 Å². The Kier molecular flexibility index (Phi) is 10.1. The van der Waals surface area contributed by atoms with E-state index in [1.165, 1.54) is 12.1 Å². The average molecular weight is 581 g/mol. The number of hydrogen-bond donors (Lipinski definition) is 3. The maximum Gasteiger partial charge on any atom is 0.321 e. The number of rotatable bonds is 10. The van der Waals surface area contributed by atoms with Crippen LogP contribution >= 0.6 is 0 Å². The summed E-state index contributed by atoms with van der Waals surface area (Å²) in [7, 11) is 0. The largest absolute Gasteiger partial charge is 0.475 e. The van der Waals surface area contributed by atoms with E-state index < -0.39 is 11.6 Å². The van der Waals surface area contributed by atoms with Gasteiger partial charge in [0.2, 0.25) is 11.8 Å². The lowest BCUT2D eigenvalue weighted by Gasteiger charge is -2.31. The van der Waals surface area contributed by atoms with E-state index >= 15 is 0 Å². The zero-order chi connectivity index (χ0) is 29.3. The third-order valence-electron chi connectivity index (χ3n) is 7.98. The summed E-state index contributed by atoms with van der Waals surface area (Å²) in [5.74, 6) is -0.156. The van der Waals surface area contributed by atoms with Gasteiger partial charge in [0.05, 0.1) is 12.8 Å². The van der Waals surface area contributed by atoms with Gasteiger partial charge in [0, 0.05) is 37.6 Å². The van der Waals surface area contributed by atoms with Gasteiger partial charge in [-0.15, -0.1) is 0 Å². The van der Waals surface area contributed by atoms with Gasteiger partial charge < -0.3 is 25.4 Å². The minimum atomic E-state index is -0.634. The molecule has 1 aromatic heterocycles. The number of urea groups is 1. The average Bonchev–Trinajstić information content (AvgIpc) is 2.99. The van der Waals surface area contributed by atoms with E-state index in [0.717, 1.165) is 56.3 Å². The summed E-state index contributed by atoms with van der Waals surface area (Å²) in [5.41, 5.74) is 2.38. The molecule has 3 heterocycles. The van der Waals surface area contributed by atoms with Gasteiger partial charge in [0.15, 0.2) is 0 Å². The van der Waals surface area contributed by atoms with Crippen molar-refractivity contribution in [2.75, 3.05) is 50.0 Å². The molecule has 2 aliphatic rings. The summed E-state index contributed by atoms with van der Waals surface area (Å²) < 4.78 is 33.6. The molecule has 0 atom stereocenters. The summed E-state index contributed by atoms with van der Waals surface area (Å²) in [5, 5.41) is 15.1. The number of anilines is 3. The molecular formula is C31H38F2N6O3. The number of aromatic nitrogens is 2. The van der Waals surface area contributed by atoms with Gasteiger partial charge in [-0.3, -0.25) is 4.90 Å². The monoisotopic (exact) mass is 580 g/mol. The van der Waals surface area contributed by atoms with Crippen LogP contribution < -0.4 is 15.4 Å². The van der Waals surface area contributed by atoms with Gasteiger partial charge in [-0.05, 0) is 92.9 Å². The van der Waals surface area contributed by atoms with E-state index in [2.05, 4.69) is 31.6 Å². The summed E-state index contributed by atoms with van der Waals surface area (Å²) >= 11 is 0. The standard InChI is InChI=1S/C31H38F2N6O3/c32-25-4-2-6-27(18-25)36-31(41)39-14-9-23(10-15-39)21-42-29-28(33)19-34-30(37-29)35-26-5-1-3-24(17-26)20-38-12-7-22(8-13-38)11-16-40/h1-6,17-19,22-23,40H,7-16,20-21H2,(H,36,41)(H,34,35,37). The molecule has 2 amide bonds. The topological polar surface area (TPSA) is 103 Å². The van der Waals surface area contributed by atoms with E-state index in [-0.39, 0.29) is 37.0 Å². The van der Waals surface area contributed by atoms with Crippen LogP contribution in [-0.2, 0) is 6.54 Å². The van der Waals surface area contributed by atoms with Crippen molar-refractivity contribution in [3.63, 3.8) is 0 Å². The molecule has 0 spiro atoms. The lowest BCUT2D eigenvalue weighted by Crippen LogP contribution is -2.42. The van der Waals surface area contributed by atoms with Crippen LogP contribution in [0.3, 0.4) is 0 Å². The molecule has 2 aliphatic heterocycles. The Balaban J connectivity index is 1.09. The van der Waals surface area contributed by atoms with E-state index in [9.17, 15) is 18.7 Å². The molecule has 3 aromatic rings. The van der Waals surface area contributed by atoms with Crippen LogP contribution in [-0.4, -0.2) is 70.3 Å². The van der Waals surface area contributed by atoms with Gasteiger partial charge >= 0.3 is 6.03 Å². The predicted molar refractivity (Wildman–Crippen MR) is 157 cm³/mol. The fourth-order valence-electron chi connectivity index (χ4n) is 5.53. The van der Waals surface area contributed by atoms with Crippen molar-refractivity contribution in [2.24, 2.45) is 11.8 Å². The first-order valence-electron chi connectivity index (χ1n) is 14.6. The highest BCUT2D eigenvalue weighted by atomic mass is 19.1. The molecule has 3 N–H and O–H groups in total. The lowest BCUT2D eigenvalue weighted by atomic mass is 9.94. The zero-order valence-corrected chi connectivity index (χ0v) is 23.6. The number of aliphatic hydroxyl groups is 1. The first kappa shape index (κ1) is 29.7. The minimum Gasteiger partial charge on any atom is -0.475 e. The quantitative estimate of drug-likeness (QED) is 0.295. The smallest absolute Gasteiger partial charge is 0.321 e. The van der Waals surface area contributed by atoms with E-state index in [1.54, 1.807) is 17.0 Å². The second-order valence-electron chi connectivity index (χ2n) is 11.1. The number of aliphatic hydroxyl groups excluding tert-OH is 1. The molecule has 11 heteroatoms. The van der Waals surface area contributed by atoms with Crippen LogP contribution in [0.15, 0.2) is 54.7 Å². The molecule has 0 unspecified atom stereocenters. The molecule has 5 rings (SSSR count). The fraction of sp³-hybridized carbons (Fsp3) is 0.452. The molecule has 0 aliphatic carbocycles. The molecule has 0 radical (unpaired) electrons. The molecule has 2 fully saturated rings. The molecule has 2 saturated heterocycles. The van der Waals surface area contributed by atoms with Crippen molar-refractivity contribution in [1.82, 2.24) is 19.8 Å². The molecule has 2 aromatic carbocycles. The number of hydrogen-bond acceptors (Lipinski definition) is 7. The predicted octanol–water partition coefficient (Wildman–Crippen LogP) is 5.42. The highest BCUT2D eigenvalue weighted by Crippen LogP contribution is 2.25. The van der Waals surface area contributed by atoms with Crippen molar-refractivity contribution in [3.05, 3.63) is 71.9 Å².